The molecule has 1 atom stereocenters. The Hall–Kier alpha value is -0.610. The van der Waals surface area contributed by atoms with E-state index in [0.717, 1.165) is 25.7 Å². The van der Waals surface area contributed by atoms with Crippen LogP contribution in [0.4, 0.5) is 0 Å². The van der Waals surface area contributed by atoms with Crippen LogP contribution in [0.25, 0.3) is 0 Å². The van der Waals surface area contributed by atoms with Crippen molar-refractivity contribution < 1.29 is 19.4 Å². The van der Waals surface area contributed by atoms with Gasteiger partial charge in [0.25, 0.3) is 0 Å². The Morgan fingerprint density at radius 1 is 1.40 bits per heavy atom. The van der Waals surface area contributed by atoms with E-state index in [1.807, 2.05) is 6.92 Å². The van der Waals surface area contributed by atoms with Crippen molar-refractivity contribution in [3.8, 4) is 0 Å². The van der Waals surface area contributed by atoms with Crippen LogP contribution in [0.2, 0.25) is 0 Å². The van der Waals surface area contributed by atoms with Crippen molar-refractivity contribution in [3.05, 3.63) is 0 Å². The molecule has 0 saturated heterocycles. The molecular weight excluding hydrogens is 196 g/mol. The van der Waals surface area contributed by atoms with Crippen molar-refractivity contribution in [2.24, 2.45) is 0 Å². The van der Waals surface area contributed by atoms with Gasteiger partial charge in [0.05, 0.1) is 5.60 Å². The van der Waals surface area contributed by atoms with Gasteiger partial charge in [0.2, 0.25) is 0 Å². The normalized spacial score (nSPS) is 22.1. The van der Waals surface area contributed by atoms with Gasteiger partial charge in [0.15, 0.2) is 6.29 Å². The molecule has 0 aromatic heterocycles. The fourth-order valence-corrected chi connectivity index (χ4v) is 1.97. The first kappa shape index (κ1) is 12.5. The fourth-order valence-electron chi connectivity index (χ4n) is 1.97. The summed E-state index contributed by atoms with van der Waals surface area (Å²) >= 11 is 0. The summed E-state index contributed by atoms with van der Waals surface area (Å²) in [6.07, 6.45) is 4.43. The summed E-state index contributed by atoms with van der Waals surface area (Å²) < 4.78 is 10.2. The van der Waals surface area contributed by atoms with Gasteiger partial charge in [0, 0.05) is 6.92 Å². The molecular formula is C11H20O4. The van der Waals surface area contributed by atoms with Gasteiger partial charge < -0.3 is 14.6 Å². The summed E-state index contributed by atoms with van der Waals surface area (Å²) in [6.45, 7) is 3.24. The van der Waals surface area contributed by atoms with Crippen molar-refractivity contribution in [3.63, 3.8) is 0 Å². The quantitative estimate of drug-likeness (QED) is 0.573. The molecule has 15 heavy (non-hydrogen) atoms. The molecule has 1 aliphatic rings. The van der Waals surface area contributed by atoms with E-state index >= 15 is 0 Å². The minimum absolute atomic E-state index is 0.0784. The van der Waals surface area contributed by atoms with Gasteiger partial charge in [-0.25, -0.2) is 0 Å². The number of carbonyl (C=O) groups is 1. The molecule has 0 radical (unpaired) electrons. The smallest absolute Gasteiger partial charge is 0.302 e. The minimum Gasteiger partial charge on any atom is -0.460 e. The van der Waals surface area contributed by atoms with Crippen LogP contribution < -0.4 is 0 Å². The number of carbonyl (C=O) groups excluding carboxylic acids is 1. The van der Waals surface area contributed by atoms with Gasteiger partial charge in [-0.05, 0) is 19.8 Å². The zero-order valence-electron chi connectivity index (χ0n) is 9.49. The van der Waals surface area contributed by atoms with Gasteiger partial charge in [-0.3, -0.25) is 4.79 Å². The van der Waals surface area contributed by atoms with Gasteiger partial charge in [-0.2, -0.15) is 0 Å². The second kappa shape index (κ2) is 5.47. The molecule has 0 amide bonds. The highest BCUT2D eigenvalue weighted by molar-refractivity contribution is 5.65. The average molecular weight is 216 g/mol. The maximum atomic E-state index is 10.5. The molecule has 0 heterocycles. The number of aliphatic hydroxyl groups excluding tert-OH is 1. The van der Waals surface area contributed by atoms with Crippen LogP contribution in [0, 0.1) is 0 Å². The topological polar surface area (TPSA) is 55.8 Å². The van der Waals surface area contributed by atoms with E-state index in [1.165, 1.54) is 13.3 Å². The Labute approximate surface area is 90.6 Å². The standard InChI is InChI=1S/C11H20O4/c1-9(12)14-8-10(13)15-11(2)6-4-3-5-7-11/h10,13H,3-8H2,1-2H3. The summed E-state index contributed by atoms with van der Waals surface area (Å²) in [5.74, 6) is -0.397. The van der Waals surface area contributed by atoms with E-state index in [2.05, 4.69) is 4.74 Å². The molecule has 0 spiro atoms. The van der Waals surface area contributed by atoms with Crippen LogP contribution in [0.15, 0.2) is 0 Å². The minimum atomic E-state index is -1.00. The maximum absolute atomic E-state index is 10.5. The van der Waals surface area contributed by atoms with Crippen molar-refractivity contribution in [2.75, 3.05) is 6.61 Å². The van der Waals surface area contributed by atoms with Gasteiger partial charge in [-0.1, -0.05) is 19.3 Å². The number of rotatable bonds is 4. The Kier molecular flexibility index (Phi) is 4.54. The lowest BCUT2D eigenvalue weighted by Crippen LogP contribution is -2.37. The number of esters is 1. The molecule has 0 aromatic carbocycles. The third-order valence-electron chi connectivity index (χ3n) is 2.76. The summed E-state index contributed by atoms with van der Waals surface area (Å²) in [5.41, 5.74) is -0.252. The Bertz CT molecular complexity index is 209. The lowest BCUT2D eigenvalue weighted by molar-refractivity contribution is -0.211. The van der Waals surface area contributed by atoms with Crippen LogP contribution >= 0.6 is 0 Å². The Balaban J connectivity index is 2.28. The lowest BCUT2D eigenvalue weighted by Gasteiger charge is -2.35. The van der Waals surface area contributed by atoms with E-state index in [0.29, 0.717) is 0 Å². The zero-order chi connectivity index (χ0) is 11.3. The molecule has 1 rings (SSSR count). The van der Waals surface area contributed by atoms with E-state index in [9.17, 15) is 9.90 Å². The third-order valence-corrected chi connectivity index (χ3v) is 2.76. The van der Waals surface area contributed by atoms with Crippen molar-refractivity contribution in [1.82, 2.24) is 0 Å². The highest BCUT2D eigenvalue weighted by Gasteiger charge is 2.30. The molecule has 0 aromatic rings. The monoisotopic (exact) mass is 216 g/mol. The predicted octanol–water partition coefficient (Wildman–Crippen LogP) is 1.61. The van der Waals surface area contributed by atoms with E-state index in [4.69, 9.17) is 4.74 Å². The van der Waals surface area contributed by atoms with Crippen LogP contribution in [-0.4, -0.2) is 29.6 Å². The van der Waals surface area contributed by atoms with Crippen LogP contribution in [0.3, 0.4) is 0 Å². The molecule has 0 aliphatic heterocycles. The van der Waals surface area contributed by atoms with Gasteiger partial charge in [0.1, 0.15) is 6.61 Å². The molecule has 1 N–H and O–H groups in total. The zero-order valence-corrected chi connectivity index (χ0v) is 9.49. The first-order valence-corrected chi connectivity index (χ1v) is 5.51. The summed E-state index contributed by atoms with van der Waals surface area (Å²) in [5, 5.41) is 9.52. The largest absolute Gasteiger partial charge is 0.460 e. The lowest BCUT2D eigenvalue weighted by atomic mass is 9.86. The first-order valence-electron chi connectivity index (χ1n) is 5.51. The molecule has 1 saturated carbocycles. The second-order valence-electron chi connectivity index (χ2n) is 4.39. The molecule has 88 valence electrons. The van der Waals surface area contributed by atoms with Crippen molar-refractivity contribution in [2.45, 2.75) is 57.8 Å². The van der Waals surface area contributed by atoms with Gasteiger partial charge >= 0.3 is 5.97 Å². The van der Waals surface area contributed by atoms with Crippen LogP contribution in [0.5, 0.6) is 0 Å². The number of hydrogen-bond donors (Lipinski definition) is 1. The summed E-state index contributed by atoms with van der Waals surface area (Å²) in [4.78, 5) is 10.5. The number of aliphatic hydroxyl groups is 1. The average Bonchev–Trinajstić information content (AvgIpc) is 2.15. The predicted molar refractivity (Wildman–Crippen MR) is 55.2 cm³/mol. The van der Waals surface area contributed by atoms with E-state index in [1.54, 1.807) is 0 Å². The first-order chi connectivity index (χ1) is 7.02. The fraction of sp³-hybridized carbons (Fsp3) is 0.909. The molecule has 4 heteroatoms. The third kappa shape index (κ3) is 4.62. The molecule has 1 fully saturated rings. The Morgan fingerprint density at radius 2 is 2.00 bits per heavy atom. The van der Waals surface area contributed by atoms with Crippen LogP contribution in [0.1, 0.15) is 46.0 Å². The van der Waals surface area contributed by atoms with Crippen LogP contribution in [-0.2, 0) is 14.3 Å². The Morgan fingerprint density at radius 3 is 2.53 bits per heavy atom. The highest BCUT2D eigenvalue weighted by Crippen LogP contribution is 2.31. The molecule has 1 unspecified atom stereocenters. The maximum Gasteiger partial charge on any atom is 0.302 e. The summed E-state index contributed by atoms with van der Waals surface area (Å²) in [6, 6.07) is 0. The second-order valence-corrected chi connectivity index (χ2v) is 4.39. The van der Waals surface area contributed by atoms with E-state index < -0.39 is 12.3 Å². The highest BCUT2D eigenvalue weighted by atomic mass is 16.6. The number of hydrogen-bond acceptors (Lipinski definition) is 4. The SMILES string of the molecule is CC(=O)OCC(O)OC1(C)CCCCC1. The molecule has 0 bridgehead atoms. The van der Waals surface area contributed by atoms with Gasteiger partial charge in [-0.15, -0.1) is 0 Å². The number of ether oxygens (including phenoxy) is 2. The van der Waals surface area contributed by atoms with Crippen molar-refractivity contribution in [1.29, 1.82) is 0 Å². The van der Waals surface area contributed by atoms with E-state index in [-0.39, 0.29) is 12.2 Å². The van der Waals surface area contributed by atoms with Crippen molar-refractivity contribution >= 4 is 5.97 Å². The molecule has 4 nitrogen and oxygen atoms in total. The molecule has 1 aliphatic carbocycles. The summed E-state index contributed by atoms with van der Waals surface area (Å²) in [7, 11) is 0.